The average molecular weight is 520 g/mol. The lowest BCUT2D eigenvalue weighted by molar-refractivity contribution is -0.118. The maximum atomic E-state index is 12.1. The van der Waals surface area contributed by atoms with Crippen molar-refractivity contribution in [2.45, 2.75) is 11.8 Å². The number of thioether (sulfide) groups is 1. The van der Waals surface area contributed by atoms with E-state index < -0.39 is 0 Å². The minimum Gasteiger partial charge on any atom is -0.489 e. The quantitative estimate of drug-likeness (QED) is 0.123. The molecule has 0 saturated heterocycles. The van der Waals surface area contributed by atoms with E-state index in [0.717, 1.165) is 16.6 Å². The van der Waals surface area contributed by atoms with Crippen LogP contribution in [0.25, 0.3) is 11.0 Å². The highest BCUT2D eigenvalue weighted by Crippen LogP contribution is 2.32. The van der Waals surface area contributed by atoms with Crippen molar-refractivity contribution in [3.63, 3.8) is 0 Å². The smallest absolute Gasteiger partial charge is 0.250 e. The van der Waals surface area contributed by atoms with Crippen LogP contribution >= 0.6 is 46.6 Å². The first-order chi connectivity index (χ1) is 16.0. The zero-order chi connectivity index (χ0) is 23.2. The van der Waals surface area contributed by atoms with Gasteiger partial charge in [-0.05, 0) is 42.0 Å². The second kappa shape index (κ2) is 10.9. The summed E-state index contributed by atoms with van der Waals surface area (Å²) >= 11 is 19.8. The lowest BCUT2D eigenvalue weighted by Crippen LogP contribution is -2.19. The van der Waals surface area contributed by atoms with Gasteiger partial charge in [-0.15, -0.1) is 0 Å². The van der Waals surface area contributed by atoms with Crippen LogP contribution in [0.2, 0.25) is 15.1 Å². The number of para-hydroxylation sites is 2. The van der Waals surface area contributed by atoms with Gasteiger partial charge < -0.3 is 9.72 Å². The van der Waals surface area contributed by atoms with E-state index in [9.17, 15) is 4.79 Å². The number of nitrogens with zero attached hydrogens (tertiary/aromatic N) is 2. The number of imidazole rings is 1. The molecule has 0 fully saturated rings. The lowest BCUT2D eigenvalue weighted by Gasteiger charge is -2.11. The standard InChI is InChI=1S/C23H17Cl3N4O2S/c24-17-8-9-18(25)22(26)16(17)12-32-15-5-3-4-14(10-15)11-27-30-21(31)13-33-23-28-19-6-1-2-7-20(19)29-23/h1-11H,12-13H2,(H,28,29)(H,30,31)/b27-11+. The Hall–Kier alpha value is -2.71. The van der Waals surface area contributed by atoms with Gasteiger partial charge in [0.15, 0.2) is 5.16 Å². The number of rotatable bonds is 8. The summed E-state index contributed by atoms with van der Waals surface area (Å²) in [5.74, 6) is 0.536. The summed E-state index contributed by atoms with van der Waals surface area (Å²) in [5, 5.41) is 5.95. The van der Waals surface area contributed by atoms with Crippen molar-refractivity contribution in [3.8, 4) is 5.75 Å². The second-order valence-electron chi connectivity index (χ2n) is 6.82. The molecule has 0 atom stereocenters. The number of hydrogen-bond acceptors (Lipinski definition) is 5. The highest BCUT2D eigenvalue weighted by molar-refractivity contribution is 7.99. The zero-order valence-electron chi connectivity index (χ0n) is 17.0. The third kappa shape index (κ3) is 6.21. The number of carbonyl (C=O) groups excluding carboxylic acids is 1. The molecule has 0 radical (unpaired) electrons. The van der Waals surface area contributed by atoms with Gasteiger partial charge in [-0.3, -0.25) is 4.79 Å². The fraction of sp³-hybridized carbons (Fsp3) is 0.0870. The molecule has 1 amide bonds. The van der Waals surface area contributed by atoms with E-state index in [1.165, 1.54) is 18.0 Å². The number of hydrogen-bond donors (Lipinski definition) is 2. The van der Waals surface area contributed by atoms with Gasteiger partial charge in [-0.2, -0.15) is 5.10 Å². The van der Waals surface area contributed by atoms with Crippen LogP contribution in [0, 0.1) is 0 Å². The molecule has 0 aliphatic carbocycles. The topological polar surface area (TPSA) is 79.4 Å². The summed E-state index contributed by atoms with van der Waals surface area (Å²) in [5.41, 5.74) is 5.66. The van der Waals surface area contributed by atoms with E-state index in [2.05, 4.69) is 20.5 Å². The number of amides is 1. The van der Waals surface area contributed by atoms with Gasteiger partial charge in [-0.1, -0.05) is 70.8 Å². The Morgan fingerprint density at radius 1 is 1.09 bits per heavy atom. The van der Waals surface area contributed by atoms with E-state index in [1.54, 1.807) is 24.3 Å². The molecule has 168 valence electrons. The number of nitrogens with one attached hydrogen (secondary N) is 2. The Morgan fingerprint density at radius 3 is 2.76 bits per heavy atom. The van der Waals surface area contributed by atoms with Crippen LogP contribution in [0.5, 0.6) is 5.75 Å². The second-order valence-corrected chi connectivity index (χ2v) is 8.98. The Kier molecular flexibility index (Phi) is 7.77. The molecule has 33 heavy (non-hydrogen) atoms. The number of H-pyrrole nitrogens is 1. The van der Waals surface area contributed by atoms with Gasteiger partial charge >= 0.3 is 0 Å². The van der Waals surface area contributed by atoms with Crippen LogP contribution < -0.4 is 10.2 Å². The van der Waals surface area contributed by atoms with Gasteiger partial charge in [0.2, 0.25) is 0 Å². The molecule has 4 aromatic rings. The number of hydrazone groups is 1. The monoisotopic (exact) mass is 518 g/mol. The van der Waals surface area contributed by atoms with Gasteiger partial charge in [0.05, 0.1) is 33.0 Å². The molecule has 0 bridgehead atoms. The molecule has 10 heteroatoms. The Balaban J connectivity index is 1.29. The number of fused-ring (bicyclic) bond motifs is 1. The van der Waals surface area contributed by atoms with Crippen LogP contribution in [-0.2, 0) is 11.4 Å². The Bertz CT molecular complexity index is 1290. The number of carbonyl (C=O) groups is 1. The van der Waals surface area contributed by atoms with Crippen molar-refractivity contribution in [2.24, 2.45) is 5.10 Å². The molecule has 4 rings (SSSR count). The van der Waals surface area contributed by atoms with Gasteiger partial charge in [0, 0.05) is 10.6 Å². The third-order valence-electron chi connectivity index (χ3n) is 4.49. The molecule has 0 spiro atoms. The van der Waals surface area contributed by atoms with Gasteiger partial charge in [-0.25, -0.2) is 10.4 Å². The van der Waals surface area contributed by atoms with E-state index in [-0.39, 0.29) is 18.3 Å². The van der Waals surface area contributed by atoms with Crippen LogP contribution in [0.3, 0.4) is 0 Å². The van der Waals surface area contributed by atoms with Crippen molar-refractivity contribution in [2.75, 3.05) is 5.75 Å². The first kappa shape index (κ1) is 23.4. The van der Waals surface area contributed by atoms with Crippen molar-refractivity contribution in [1.82, 2.24) is 15.4 Å². The fourth-order valence-electron chi connectivity index (χ4n) is 2.88. The first-order valence-corrected chi connectivity index (χ1v) is 11.9. The average Bonchev–Trinajstić information content (AvgIpc) is 3.24. The van der Waals surface area contributed by atoms with Crippen LogP contribution in [-0.4, -0.2) is 27.8 Å². The summed E-state index contributed by atoms with van der Waals surface area (Å²) < 4.78 is 5.80. The van der Waals surface area contributed by atoms with Crippen molar-refractivity contribution in [1.29, 1.82) is 0 Å². The number of benzene rings is 3. The minimum absolute atomic E-state index is 0.161. The van der Waals surface area contributed by atoms with Crippen LogP contribution in [0.1, 0.15) is 11.1 Å². The van der Waals surface area contributed by atoms with Crippen molar-refractivity contribution >= 4 is 69.7 Å². The zero-order valence-corrected chi connectivity index (χ0v) is 20.1. The summed E-state index contributed by atoms with van der Waals surface area (Å²) in [7, 11) is 0. The molecule has 2 N–H and O–H groups in total. The van der Waals surface area contributed by atoms with Crippen molar-refractivity contribution in [3.05, 3.63) is 86.9 Å². The predicted molar refractivity (Wildman–Crippen MR) is 135 cm³/mol. The van der Waals surface area contributed by atoms with Crippen molar-refractivity contribution < 1.29 is 9.53 Å². The maximum absolute atomic E-state index is 12.1. The SMILES string of the molecule is O=C(CSc1nc2ccccc2[nH]1)N/N=C/c1cccc(OCc2c(Cl)ccc(Cl)c2Cl)c1. The molecule has 0 saturated carbocycles. The van der Waals surface area contributed by atoms with Crippen LogP contribution in [0.15, 0.2) is 70.9 Å². The molecule has 0 aliphatic heterocycles. The summed E-state index contributed by atoms with van der Waals surface area (Å²) in [6, 6.07) is 18.2. The third-order valence-corrected chi connectivity index (χ3v) is 6.56. The fourth-order valence-corrected chi connectivity index (χ4v) is 4.22. The van der Waals surface area contributed by atoms with E-state index in [1.807, 2.05) is 36.4 Å². The molecule has 1 heterocycles. The highest BCUT2D eigenvalue weighted by Gasteiger charge is 2.11. The van der Waals surface area contributed by atoms with E-state index >= 15 is 0 Å². The molecule has 0 aliphatic rings. The Morgan fingerprint density at radius 2 is 1.91 bits per heavy atom. The molecule has 6 nitrogen and oxygen atoms in total. The molecule has 3 aromatic carbocycles. The number of halogens is 3. The summed E-state index contributed by atoms with van der Waals surface area (Å²) in [6.45, 7) is 0.161. The van der Waals surface area contributed by atoms with Crippen LogP contribution in [0.4, 0.5) is 0 Å². The number of ether oxygens (including phenoxy) is 1. The maximum Gasteiger partial charge on any atom is 0.250 e. The summed E-state index contributed by atoms with van der Waals surface area (Å²) in [6.07, 6.45) is 1.54. The number of aromatic nitrogens is 2. The molecular weight excluding hydrogens is 503 g/mol. The molecule has 0 unspecified atom stereocenters. The largest absolute Gasteiger partial charge is 0.489 e. The van der Waals surface area contributed by atoms with E-state index in [4.69, 9.17) is 39.5 Å². The first-order valence-electron chi connectivity index (χ1n) is 9.74. The predicted octanol–water partition coefficient (Wildman–Crippen LogP) is 6.34. The Labute approximate surface area is 209 Å². The lowest BCUT2D eigenvalue weighted by atomic mass is 10.2. The van der Waals surface area contributed by atoms with E-state index in [0.29, 0.717) is 31.5 Å². The normalized spacial score (nSPS) is 11.2. The molecular formula is C23H17Cl3N4O2S. The minimum atomic E-state index is -0.241. The van der Waals surface area contributed by atoms with Gasteiger partial charge in [0.25, 0.3) is 5.91 Å². The highest BCUT2D eigenvalue weighted by atomic mass is 35.5. The summed E-state index contributed by atoms with van der Waals surface area (Å²) in [4.78, 5) is 19.7. The number of aromatic amines is 1. The van der Waals surface area contributed by atoms with Gasteiger partial charge in [0.1, 0.15) is 12.4 Å². The molecule has 1 aromatic heterocycles.